The molecule has 138 valence electrons. The van der Waals surface area contributed by atoms with Crippen molar-refractivity contribution in [2.24, 2.45) is 0 Å². The van der Waals surface area contributed by atoms with Gasteiger partial charge in [-0.2, -0.15) is 0 Å². The minimum Gasteiger partial charge on any atom is -0.493 e. The van der Waals surface area contributed by atoms with Crippen LogP contribution >= 0.6 is 0 Å². The number of hydrogen-bond donors (Lipinski definition) is 2. The Hall–Kier alpha value is -3.02. The molecule has 0 spiro atoms. The Morgan fingerprint density at radius 3 is 2.23 bits per heavy atom. The van der Waals surface area contributed by atoms with Crippen LogP contribution in [-0.4, -0.2) is 26.0 Å². The standard InChI is InChI=1S/C20H24N2O4/c1-13-5-7-15(8-6-13)12-21-19(23)20(24)22-14(2)16-9-10-17(25-3)18(11-16)26-4/h5-11,14H,12H2,1-4H3,(H,21,23)(H,22,24). The van der Waals surface area contributed by atoms with E-state index in [0.29, 0.717) is 18.0 Å². The van der Waals surface area contributed by atoms with Gasteiger partial charge in [0.15, 0.2) is 11.5 Å². The van der Waals surface area contributed by atoms with Crippen LogP contribution in [0.25, 0.3) is 0 Å². The fraction of sp³-hybridized carbons (Fsp3) is 0.300. The second-order valence-electron chi connectivity index (χ2n) is 5.98. The Bertz CT molecular complexity index is 772. The second kappa shape index (κ2) is 8.89. The third-order valence-corrected chi connectivity index (χ3v) is 4.04. The van der Waals surface area contributed by atoms with Crippen LogP contribution in [0.15, 0.2) is 42.5 Å². The average molecular weight is 356 g/mol. The lowest BCUT2D eigenvalue weighted by molar-refractivity contribution is -0.139. The monoisotopic (exact) mass is 356 g/mol. The van der Waals surface area contributed by atoms with E-state index in [2.05, 4.69) is 10.6 Å². The van der Waals surface area contributed by atoms with Crippen molar-refractivity contribution in [1.82, 2.24) is 10.6 Å². The lowest BCUT2D eigenvalue weighted by Gasteiger charge is -2.16. The minimum atomic E-state index is -0.681. The van der Waals surface area contributed by atoms with Crippen LogP contribution in [0.2, 0.25) is 0 Å². The molecule has 0 radical (unpaired) electrons. The quantitative estimate of drug-likeness (QED) is 0.780. The van der Waals surface area contributed by atoms with Crippen molar-refractivity contribution in [3.05, 3.63) is 59.2 Å². The van der Waals surface area contributed by atoms with Crippen molar-refractivity contribution in [2.45, 2.75) is 26.4 Å². The molecular weight excluding hydrogens is 332 g/mol. The predicted molar refractivity (Wildman–Crippen MR) is 99.1 cm³/mol. The maximum Gasteiger partial charge on any atom is 0.309 e. The SMILES string of the molecule is COc1ccc(C(C)NC(=O)C(=O)NCc2ccc(C)cc2)cc1OC. The zero-order valence-electron chi connectivity index (χ0n) is 15.5. The molecule has 2 aromatic rings. The van der Waals surface area contributed by atoms with Gasteiger partial charge in [0.25, 0.3) is 0 Å². The summed E-state index contributed by atoms with van der Waals surface area (Å²) < 4.78 is 10.5. The van der Waals surface area contributed by atoms with Gasteiger partial charge in [-0.25, -0.2) is 0 Å². The van der Waals surface area contributed by atoms with Crippen molar-refractivity contribution in [1.29, 1.82) is 0 Å². The molecule has 0 fully saturated rings. The van der Waals surface area contributed by atoms with E-state index in [1.54, 1.807) is 33.3 Å². The second-order valence-corrected chi connectivity index (χ2v) is 5.98. The molecule has 1 atom stereocenters. The van der Waals surface area contributed by atoms with E-state index < -0.39 is 11.8 Å². The van der Waals surface area contributed by atoms with Crippen molar-refractivity contribution in [3.63, 3.8) is 0 Å². The first-order chi connectivity index (χ1) is 12.4. The summed E-state index contributed by atoms with van der Waals surface area (Å²) in [5.41, 5.74) is 2.88. The molecule has 1 unspecified atom stereocenters. The molecule has 0 saturated heterocycles. The highest BCUT2D eigenvalue weighted by Crippen LogP contribution is 2.29. The molecule has 2 aromatic carbocycles. The third-order valence-electron chi connectivity index (χ3n) is 4.04. The van der Waals surface area contributed by atoms with Crippen LogP contribution in [0.5, 0.6) is 11.5 Å². The van der Waals surface area contributed by atoms with Gasteiger partial charge in [-0.3, -0.25) is 9.59 Å². The minimum absolute atomic E-state index is 0.303. The van der Waals surface area contributed by atoms with Crippen molar-refractivity contribution < 1.29 is 19.1 Å². The number of benzene rings is 2. The molecule has 2 N–H and O–H groups in total. The fourth-order valence-corrected chi connectivity index (χ4v) is 2.44. The zero-order chi connectivity index (χ0) is 19.1. The van der Waals surface area contributed by atoms with Crippen LogP contribution < -0.4 is 20.1 Å². The van der Waals surface area contributed by atoms with E-state index in [0.717, 1.165) is 16.7 Å². The number of amides is 2. The van der Waals surface area contributed by atoms with Gasteiger partial charge in [0.2, 0.25) is 0 Å². The van der Waals surface area contributed by atoms with Gasteiger partial charge in [-0.05, 0) is 37.1 Å². The highest BCUT2D eigenvalue weighted by molar-refractivity contribution is 6.35. The summed E-state index contributed by atoms with van der Waals surface area (Å²) in [6.45, 7) is 4.09. The highest BCUT2D eigenvalue weighted by Gasteiger charge is 2.18. The Kier molecular flexibility index (Phi) is 6.60. The smallest absolute Gasteiger partial charge is 0.309 e. The Morgan fingerprint density at radius 1 is 0.962 bits per heavy atom. The normalized spacial score (nSPS) is 11.4. The van der Waals surface area contributed by atoms with Gasteiger partial charge in [-0.1, -0.05) is 35.9 Å². The van der Waals surface area contributed by atoms with Gasteiger partial charge in [-0.15, -0.1) is 0 Å². The summed E-state index contributed by atoms with van der Waals surface area (Å²) in [6.07, 6.45) is 0. The molecule has 2 rings (SSSR count). The Balaban J connectivity index is 1.93. The summed E-state index contributed by atoms with van der Waals surface area (Å²) in [5, 5.41) is 5.30. The fourth-order valence-electron chi connectivity index (χ4n) is 2.44. The highest BCUT2D eigenvalue weighted by atomic mass is 16.5. The summed E-state index contributed by atoms with van der Waals surface area (Å²) in [4.78, 5) is 24.1. The van der Waals surface area contributed by atoms with E-state index in [-0.39, 0.29) is 6.04 Å². The lowest BCUT2D eigenvalue weighted by atomic mass is 10.1. The molecule has 2 amide bonds. The van der Waals surface area contributed by atoms with E-state index in [1.807, 2.05) is 37.3 Å². The molecule has 0 aromatic heterocycles. The summed E-state index contributed by atoms with van der Waals surface area (Å²) in [7, 11) is 3.10. The van der Waals surface area contributed by atoms with Gasteiger partial charge in [0.05, 0.1) is 20.3 Å². The molecular formula is C20H24N2O4. The third kappa shape index (κ3) is 4.99. The summed E-state index contributed by atoms with van der Waals surface area (Å²) in [5.74, 6) is -0.183. The number of methoxy groups -OCH3 is 2. The molecule has 6 heteroatoms. The maximum absolute atomic E-state index is 12.1. The van der Waals surface area contributed by atoms with Crippen molar-refractivity contribution >= 4 is 11.8 Å². The lowest BCUT2D eigenvalue weighted by Crippen LogP contribution is -2.40. The predicted octanol–water partition coefficient (Wildman–Crippen LogP) is 2.51. The molecule has 0 bridgehead atoms. The number of carbonyl (C=O) groups is 2. The number of rotatable bonds is 6. The Labute approximate surface area is 153 Å². The molecule has 0 heterocycles. The van der Waals surface area contributed by atoms with Crippen LogP contribution in [0.3, 0.4) is 0 Å². The van der Waals surface area contributed by atoms with Crippen molar-refractivity contribution in [3.8, 4) is 11.5 Å². The van der Waals surface area contributed by atoms with E-state index in [4.69, 9.17) is 9.47 Å². The van der Waals surface area contributed by atoms with Gasteiger partial charge >= 0.3 is 11.8 Å². The largest absolute Gasteiger partial charge is 0.493 e. The first-order valence-electron chi connectivity index (χ1n) is 8.30. The molecule has 6 nitrogen and oxygen atoms in total. The molecule has 0 aliphatic carbocycles. The molecule has 0 saturated carbocycles. The zero-order valence-corrected chi connectivity index (χ0v) is 15.5. The van der Waals surface area contributed by atoms with Gasteiger partial charge in [0, 0.05) is 6.54 Å². The number of aryl methyl sites for hydroxylation is 1. The topological polar surface area (TPSA) is 76.7 Å². The number of hydrogen-bond acceptors (Lipinski definition) is 4. The Morgan fingerprint density at radius 2 is 1.62 bits per heavy atom. The van der Waals surface area contributed by atoms with Gasteiger partial charge < -0.3 is 20.1 Å². The van der Waals surface area contributed by atoms with E-state index in [9.17, 15) is 9.59 Å². The summed E-state index contributed by atoms with van der Waals surface area (Å²) in [6, 6.07) is 12.7. The molecule has 0 aliphatic rings. The van der Waals surface area contributed by atoms with E-state index in [1.165, 1.54) is 0 Å². The van der Waals surface area contributed by atoms with E-state index >= 15 is 0 Å². The number of nitrogens with one attached hydrogen (secondary N) is 2. The number of carbonyl (C=O) groups excluding carboxylic acids is 2. The van der Waals surface area contributed by atoms with Crippen LogP contribution in [-0.2, 0) is 16.1 Å². The van der Waals surface area contributed by atoms with Crippen LogP contribution in [0.1, 0.15) is 29.7 Å². The first kappa shape index (κ1) is 19.3. The molecule has 0 aliphatic heterocycles. The van der Waals surface area contributed by atoms with Crippen LogP contribution in [0, 0.1) is 6.92 Å². The maximum atomic E-state index is 12.1. The van der Waals surface area contributed by atoms with Crippen LogP contribution in [0.4, 0.5) is 0 Å². The number of ether oxygens (including phenoxy) is 2. The van der Waals surface area contributed by atoms with Gasteiger partial charge in [0.1, 0.15) is 0 Å². The van der Waals surface area contributed by atoms with Crippen molar-refractivity contribution in [2.75, 3.05) is 14.2 Å². The summed E-state index contributed by atoms with van der Waals surface area (Å²) >= 11 is 0. The first-order valence-corrected chi connectivity index (χ1v) is 8.30. The average Bonchev–Trinajstić information content (AvgIpc) is 2.66. The molecule has 26 heavy (non-hydrogen) atoms.